The second kappa shape index (κ2) is 9.12. The van der Waals surface area contributed by atoms with E-state index in [1.165, 1.54) is 44.1 Å². The Hall–Kier alpha value is -3.38. The summed E-state index contributed by atoms with van der Waals surface area (Å²) in [6.07, 6.45) is -1.87. The second-order valence-electron chi connectivity index (χ2n) is 9.51. The topological polar surface area (TPSA) is 276 Å². The first kappa shape index (κ1) is 29.2. The van der Waals surface area contributed by atoms with E-state index in [4.69, 9.17) is 23.3 Å². The van der Waals surface area contributed by atoms with E-state index in [-0.39, 0.29) is 11.1 Å². The van der Waals surface area contributed by atoms with Crippen LogP contribution >= 0.6 is 0 Å². The molecule has 0 spiro atoms. The molecule has 3 aliphatic rings. The highest BCUT2D eigenvalue weighted by Crippen LogP contribution is 2.57. The average molecular weight is 559 g/mol. The maximum Gasteiger partial charge on any atom is 0.394 e. The van der Waals surface area contributed by atoms with E-state index in [2.05, 4.69) is 0 Å². The molecule has 0 radical (unpaired) electrons. The first-order valence-electron chi connectivity index (χ1n) is 10.8. The van der Waals surface area contributed by atoms with Crippen molar-refractivity contribution in [1.82, 2.24) is 4.90 Å². The quantitative estimate of drug-likeness (QED) is 0.140. The van der Waals surface area contributed by atoms with Gasteiger partial charge in [0.2, 0.25) is 5.78 Å². The summed E-state index contributed by atoms with van der Waals surface area (Å²) >= 11 is 0. The van der Waals surface area contributed by atoms with Gasteiger partial charge < -0.3 is 36.4 Å². The van der Waals surface area contributed by atoms with Crippen LogP contribution in [0.15, 0.2) is 35.1 Å². The SMILES string of the molecule is CN(C)[C@@H]1C(=O)C(C(N)=O)=C(O)[C@@]2(O)C(=O)C3=C(O)c4c(O)cccc4[C@@](C)(O)[C@H]3[C@H](O)[C@@H]12.O=S(=O)(O)O. The first-order chi connectivity index (χ1) is 17.2. The van der Waals surface area contributed by atoms with Gasteiger partial charge in [-0.05, 0) is 32.6 Å². The normalized spacial score (nSPS) is 32.8. The number of carbonyl (C=O) groups is 3. The van der Waals surface area contributed by atoms with Gasteiger partial charge in [0.15, 0.2) is 11.4 Å². The number of Topliss-reactive ketones (excluding diaryl/α,β-unsaturated/α-hetero) is 2. The molecule has 0 aromatic heterocycles. The van der Waals surface area contributed by atoms with Crippen molar-refractivity contribution >= 4 is 33.6 Å². The zero-order valence-electron chi connectivity index (χ0n) is 20.1. The molecule has 1 aromatic carbocycles. The average Bonchev–Trinajstić information content (AvgIpc) is 2.75. The smallest absolute Gasteiger partial charge is 0.394 e. The van der Waals surface area contributed by atoms with Gasteiger partial charge in [0.25, 0.3) is 5.91 Å². The number of rotatable bonds is 2. The van der Waals surface area contributed by atoms with Crippen molar-refractivity contribution in [3.05, 3.63) is 46.2 Å². The number of aromatic hydroxyl groups is 1. The fourth-order valence-electron chi connectivity index (χ4n) is 5.60. The molecule has 1 aromatic rings. The molecule has 1 amide bonds. The van der Waals surface area contributed by atoms with Crippen LogP contribution in [0.1, 0.15) is 18.1 Å². The number of benzene rings is 1. The Labute approximate surface area is 215 Å². The lowest BCUT2D eigenvalue weighted by Crippen LogP contribution is -2.71. The number of primary amides is 1. The number of phenolic OH excluding ortho intramolecular Hbond substituents is 1. The molecule has 0 saturated heterocycles. The Morgan fingerprint density at radius 3 is 2.08 bits per heavy atom. The maximum absolute atomic E-state index is 13.7. The van der Waals surface area contributed by atoms with E-state index in [0.717, 1.165) is 0 Å². The van der Waals surface area contributed by atoms with Crippen LogP contribution in [0.25, 0.3) is 5.76 Å². The number of aliphatic hydroxyl groups is 5. The van der Waals surface area contributed by atoms with Crippen LogP contribution in [0.5, 0.6) is 5.75 Å². The van der Waals surface area contributed by atoms with Crippen molar-refractivity contribution in [3.63, 3.8) is 0 Å². The zero-order chi connectivity index (χ0) is 29.3. The molecule has 10 N–H and O–H groups in total. The largest absolute Gasteiger partial charge is 0.508 e. The highest BCUT2D eigenvalue weighted by molar-refractivity contribution is 7.79. The monoisotopic (exact) mass is 558 g/mol. The van der Waals surface area contributed by atoms with E-state index in [9.17, 15) is 45.0 Å². The van der Waals surface area contributed by atoms with Crippen LogP contribution in [0.4, 0.5) is 0 Å². The molecule has 208 valence electrons. The van der Waals surface area contributed by atoms with Gasteiger partial charge in [0.1, 0.15) is 22.8 Å². The third-order valence-electron chi connectivity index (χ3n) is 7.03. The Morgan fingerprint density at radius 2 is 1.61 bits per heavy atom. The Morgan fingerprint density at radius 1 is 1.08 bits per heavy atom. The van der Waals surface area contributed by atoms with Gasteiger partial charge >= 0.3 is 10.4 Å². The molecule has 1 saturated carbocycles. The van der Waals surface area contributed by atoms with Crippen LogP contribution in [-0.2, 0) is 30.4 Å². The second-order valence-corrected chi connectivity index (χ2v) is 10.4. The summed E-state index contributed by atoms with van der Waals surface area (Å²) in [4.78, 5) is 39.9. The van der Waals surface area contributed by atoms with Gasteiger partial charge in [-0.1, -0.05) is 12.1 Å². The number of likely N-dealkylation sites (N-methyl/N-ethyl adjacent to an activating group) is 1. The molecule has 16 heteroatoms. The van der Waals surface area contributed by atoms with E-state index in [1.54, 1.807) is 0 Å². The fraction of sp³-hybridized carbons (Fsp3) is 0.409. The predicted molar refractivity (Wildman–Crippen MR) is 126 cm³/mol. The molecule has 15 nitrogen and oxygen atoms in total. The van der Waals surface area contributed by atoms with Gasteiger partial charge in [0.05, 0.1) is 40.7 Å². The number of fused-ring (bicyclic) bond motifs is 3. The summed E-state index contributed by atoms with van der Waals surface area (Å²) in [5.74, 6) is -9.67. The molecule has 4 rings (SSSR count). The number of aliphatic hydroxyl groups excluding tert-OH is 3. The number of nitrogens with zero attached hydrogens (tertiary/aromatic N) is 1. The van der Waals surface area contributed by atoms with E-state index < -0.39 is 91.5 Å². The summed E-state index contributed by atoms with van der Waals surface area (Å²) in [5.41, 5.74) is -1.78. The lowest BCUT2D eigenvalue weighted by Gasteiger charge is -2.55. The van der Waals surface area contributed by atoms with Gasteiger partial charge in [0, 0.05) is 0 Å². The van der Waals surface area contributed by atoms with Crippen LogP contribution in [-0.4, -0.2) is 102 Å². The minimum absolute atomic E-state index is 0.00664. The summed E-state index contributed by atoms with van der Waals surface area (Å²) < 4.78 is 31.6. The number of ketones is 2. The van der Waals surface area contributed by atoms with E-state index >= 15 is 0 Å². The van der Waals surface area contributed by atoms with Crippen molar-refractivity contribution < 1.29 is 62.5 Å². The van der Waals surface area contributed by atoms with Crippen molar-refractivity contribution in [2.45, 2.75) is 30.3 Å². The molecular weight excluding hydrogens is 532 g/mol. The molecular formula is C22H26N2O13S. The molecule has 38 heavy (non-hydrogen) atoms. The van der Waals surface area contributed by atoms with Crippen molar-refractivity contribution in [2.75, 3.05) is 14.1 Å². The fourth-order valence-corrected chi connectivity index (χ4v) is 5.60. The minimum atomic E-state index is -4.67. The van der Waals surface area contributed by atoms with Crippen molar-refractivity contribution in [1.29, 1.82) is 0 Å². The Kier molecular flexibility index (Phi) is 7.01. The number of hydrogen-bond acceptors (Lipinski definition) is 12. The van der Waals surface area contributed by atoms with E-state index in [1.807, 2.05) is 0 Å². The summed E-state index contributed by atoms with van der Waals surface area (Å²) in [5, 5.41) is 66.3. The minimum Gasteiger partial charge on any atom is -0.508 e. The highest BCUT2D eigenvalue weighted by atomic mass is 32.3. The van der Waals surface area contributed by atoms with Crippen LogP contribution in [0.3, 0.4) is 0 Å². The Balaban J connectivity index is 0.000000732. The molecule has 3 aliphatic carbocycles. The molecule has 1 fully saturated rings. The predicted octanol–water partition coefficient (Wildman–Crippen LogP) is -2.05. The van der Waals surface area contributed by atoms with Gasteiger partial charge in [-0.3, -0.25) is 28.4 Å². The summed E-state index contributed by atoms with van der Waals surface area (Å²) in [7, 11) is -1.87. The van der Waals surface area contributed by atoms with Crippen molar-refractivity contribution in [2.24, 2.45) is 17.6 Å². The first-order valence-corrected chi connectivity index (χ1v) is 12.2. The molecule has 0 unspecified atom stereocenters. The van der Waals surface area contributed by atoms with Crippen molar-refractivity contribution in [3.8, 4) is 5.75 Å². The molecule has 6 atom stereocenters. The van der Waals surface area contributed by atoms with Crippen LogP contribution in [0.2, 0.25) is 0 Å². The summed E-state index contributed by atoms with van der Waals surface area (Å²) in [6, 6.07) is 2.50. The van der Waals surface area contributed by atoms with Crippen LogP contribution < -0.4 is 5.73 Å². The van der Waals surface area contributed by atoms with Gasteiger partial charge in [-0.15, -0.1) is 0 Å². The zero-order valence-corrected chi connectivity index (χ0v) is 20.9. The van der Waals surface area contributed by atoms with Gasteiger partial charge in [-0.25, -0.2) is 0 Å². The molecule has 0 bridgehead atoms. The molecule has 0 aliphatic heterocycles. The highest BCUT2D eigenvalue weighted by Gasteiger charge is 2.70. The lowest BCUT2D eigenvalue weighted by atomic mass is 9.53. The third kappa shape index (κ3) is 4.15. The third-order valence-corrected chi connectivity index (χ3v) is 7.03. The van der Waals surface area contributed by atoms with Crippen LogP contribution in [0, 0.1) is 11.8 Å². The van der Waals surface area contributed by atoms with Gasteiger partial charge in [-0.2, -0.15) is 8.42 Å². The number of nitrogens with two attached hydrogens (primary N) is 1. The standard InChI is InChI=1S/C22H24N2O9.H2O4S/c1-21(32)7-5-4-6-8(25)9(7)15(26)10-12(21)17(28)13-14(24(2)3)16(27)11(20(23)31)19(30)22(13,33)18(10)29;1-5(2,3)4/h4-6,12-14,17,25-26,28,30,32-33H,1-3H3,(H2,23,31);(H2,1,2,3,4)/t12-,13-,14+,17+,21-,22+;/m1./s1. The lowest BCUT2D eigenvalue weighted by molar-refractivity contribution is -0.181. The number of hydrogen-bond donors (Lipinski definition) is 9. The number of amides is 1. The van der Waals surface area contributed by atoms with E-state index in [0.29, 0.717) is 0 Å². The Bertz CT molecular complexity index is 1400. The maximum atomic E-state index is 13.7. The number of phenols is 1. The molecule has 0 heterocycles. The summed E-state index contributed by atoms with van der Waals surface area (Å²) in [6.45, 7) is 1.25. The number of carbonyl (C=O) groups excluding carboxylic acids is 3.